The van der Waals surface area contributed by atoms with Crippen molar-refractivity contribution in [2.45, 2.75) is 38.6 Å². The molecule has 1 atom stereocenters. The number of nitrogens with zero attached hydrogens (tertiary/aromatic N) is 1. The van der Waals surface area contributed by atoms with E-state index >= 15 is 0 Å². The zero-order valence-corrected chi connectivity index (χ0v) is 14.5. The lowest BCUT2D eigenvalue weighted by Crippen LogP contribution is -2.35. The number of carboxylic acids is 1. The molecule has 0 aromatic heterocycles. The van der Waals surface area contributed by atoms with Crippen LogP contribution in [0.3, 0.4) is 0 Å². The largest absolute Gasteiger partial charge is 0.481 e. The quantitative estimate of drug-likeness (QED) is 0.809. The van der Waals surface area contributed by atoms with Crippen molar-refractivity contribution in [2.75, 3.05) is 13.1 Å². The van der Waals surface area contributed by atoms with E-state index in [0.29, 0.717) is 18.4 Å². The number of benzene rings is 1. The van der Waals surface area contributed by atoms with E-state index in [-0.39, 0.29) is 0 Å². The lowest BCUT2D eigenvalue weighted by atomic mass is 9.91. The molecule has 2 rings (SSSR count). The molecule has 0 radical (unpaired) electrons. The van der Waals surface area contributed by atoms with E-state index in [0.717, 1.165) is 47.4 Å². The van der Waals surface area contributed by atoms with Crippen LogP contribution in [0, 0.1) is 5.92 Å². The lowest BCUT2D eigenvalue weighted by molar-refractivity contribution is -0.137. The molecule has 1 N–H and O–H groups in total. The molecule has 1 aliphatic rings. The minimum atomic E-state index is -0.688. The molecule has 1 saturated heterocycles. The Bertz CT molecular complexity index is 501. The summed E-state index contributed by atoms with van der Waals surface area (Å²) in [6.45, 7) is 4.21. The fourth-order valence-electron chi connectivity index (χ4n) is 2.99. The smallest absolute Gasteiger partial charge is 0.303 e. The molecular weight excluding hydrogens is 354 g/mol. The molecular formula is C16H21BrClNO2. The molecule has 1 unspecified atom stereocenters. The average Bonchev–Trinajstić information content (AvgIpc) is 2.45. The summed E-state index contributed by atoms with van der Waals surface area (Å²) in [5.41, 5.74) is 1.16. The molecule has 3 nitrogen and oxygen atoms in total. The van der Waals surface area contributed by atoms with Gasteiger partial charge < -0.3 is 5.11 Å². The van der Waals surface area contributed by atoms with Gasteiger partial charge in [0.2, 0.25) is 0 Å². The van der Waals surface area contributed by atoms with Crippen molar-refractivity contribution in [3.8, 4) is 0 Å². The van der Waals surface area contributed by atoms with E-state index in [4.69, 9.17) is 16.7 Å². The van der Waals surface area contributed by atoms with Gasteiger partial charge in [-0.3, -0.25) is 9.69 Å². The predicted molar refractivity (Wildman–Crippen MR) is 88.7 cm³/mol. The molecule has 0 amide bonds. The summed E-state index contributed by atoms with van der Waals surface area (Å²) in [4.78, 5) is 13.1. The highest BCUT2D eigenvalue weighted by atomic mass is 79.9. The predicted octanol–water partition coefficient (Wildman–Crippen LogP) is 4.74. The monoisotopic (exact) mass is 373 g/mol. The van der Waals surface area contributed by atoms with Crippen LogP contribution in [-0.2, 0) is 4.79 Å². The van der Waals surface area contributed by atoms with Crippen LogP contribution in [0.2, 0.25) is 5.02 Å². The second kappa shape index (κ2) is 7.61. The summed E-state index contributed by atoms with van der Waals surface area (Å²) >= 11 is 9.77. The van der Waals surface area contributed by atoms with Crippen molar-refractivity contribution in [3.63, 3.8) is 0 Å². The van der Waals surface area contributed by atoms with Gasteiger partial charge in [0, 0.05) is 22.0 Å². The number of carbonyl (C=O) groups is 1. The minimum Gasteiger partial charge on any atom is -0.481 e. The van der Waals surface area contributed by atoms with Crippen molar-refractivity contribution in [2.24, 2.45) is 5.92 Å². The van der Waals surface area contributed by atoms with Crippen molar-refractivity contribution >= 4 is 33.5 Å². The molecule has 0 bridgehead atoms. The summed E-state index contributed by atoms with van der Waals surface area (Å²) in [6.07, 6.45) is 3.24. The molecule has 1 aliphatic heterocycles. The topological polar surface area (TPSA) is 40.5 Å². The van der Waals surface area contributed by atoms with Crippen molar-refractivity contribution in [3.05, 3.63) is 33.3 Å². The summed E-state index contributed by atoms with van der Waals surface area (Å²) in [6, 6.07) is 6.34. The van der Waals surface area contributed by atoms with Gasteiger partial charge in [0.1, 0.15) is 0 Å². The Hall–Kier alpha value is -0.580. The van der Waals surface area contributed by atoms with E-state index in [9.17, 15) is 4.79 Å². The molecule has 1 heterocycles. The van der Waals surface area contributed by atoms with Crippen LogP contribution in [0.1, 0.15) is 44.2 Å². The standard InChI is InChI=1S/C16H21BrClNO2/c1-11(14-4-3-13(17)10-15(14)18)19-8-6-12(7-9-19)2-5-16(20)21/h3-4,10-12H,2,5-9H2,1H3,(H,20,21). The zero-order chi connectivity index (χ0) is 15.4. The van der Waals surface area contributed by atoms with E-state index in [1.807, 2.05) is 12.1 Å². The Morgan fingerprint density at radius 1 is 1.48 bits per heavy atom. The summed E-state index contributed by atoms with van der Waals surface area (Å²) in [5, 5.41) is 9.55. The van der Waals surface area contributed by atoms with Crippen molar-refractivity contribution in [1.82, 2.24) is 4.90 Å². The lowest BCUT2D eigenvalue weighted by Gasteiger charge is -2.36. The van der Waals surface area contributed by atoms with Crippen molar-refractivity contribution < 1.29 is 9.90 Å². The Morgan fingerprint density at radius 3 is 2.71 bits per heavy atom. The third-order valence-electron chi connectivity index (χ3n) is 4.38. The van der Waals surface area contributed by atoms with E-state index in [1.54, 1.807) is 0 Å². The number of carboxylic acid groups (broad SMARTS) is 1. The first-order valence-electron chi connectivity index (χ1n) is 7.38. The Morgan fingerprint density at radius 2 is 2.14 bits per heavy atom. The number of hydrogen-bond donors (Lipinski definition) is 1. The van der Waals surface area contributed by atoms with Crippen LogP contribution >= 0.6 is 27.5 Å². The summed E-state index contributed by atoms with van der Waals surface area (Å²) in [7, 11) is 0. The first-order chi connectivity index (χ1) is 9.97. The molecule has 116 valence electrons. The van der Waals surface area contributed by atoms with Gasteiger partial charge in [0.15, 0.2) is 0 Å². The van der Waals surface area contributed by atoms with Gasteiger partial charge in [-0.15, -0.1) is 0 Å². The van der Waals surface area contributed by atoms with Crippen LogP contribution in [0.25, 0.3) is 0 Å². The highest BCUT2D eigenvalue weighted by Crippen LogP contribution is 2.33. The second-order valence-corrected chi connectivity index (χ2v) is 7.08. The highest BCUT2D eigenvalue weighted by Gasteiger charge is 2.24. The molecule has 0 spiro atoms. The molecule has 0 saturated carbocycles. The van der Waals surface area contributed by atoms with Crippen LogP contribution in [0.4, 0.5) is 0 Å². The Labute approximate surface area is 139 Å². The van der Waals surface area contributed by atoms with Crippen LogP contribution in [0.5, 0.6) is 0 Å². The van der Waals surface area contributed by atoms with Crippen LogP contribution < -0.4 is 0 Å². The average molecular weight is 375 g/mol. The normalized spacial score (nSPS) is 18.6. The van der Waals surface area contributed by atoms with Gasteiger partial charge in [0.05, 0.1) is 0 Å². The zero-order valence-electron chi connectivity index (χ0n) is 12.2. The van der Waals surface area contributed by atoms with Gasteiger partial charge in [-0.2, -0.15) is 0 Å². The minimum absolute atomic E-state index is 0.290. The van der Waals surface area contributed by atoms with E-state index in [1.165, 1.54) is 0 Å². The molecule has 1 aromatic rings. The molecule has 21 heavy (non-hydrogen) atoms. The number of halogens is 2. The van der Waals surface area contributed by atoms with E-state index < -0.39 is 5.97 Å². The Balaban J connectivity index is 1.90. The number of hydrogen-bond acceptors (Lipinski definition) is 2. The number of piperidine rings is 1. The molecule has 1 aromatic carbocycles. The van der Waals surface area contributed by atoms with Gasteiger partial charge >= 0.3 is 5.97 Å². The van der Waals surface area contributed by atoms with Crippen LogP contribution in [-0.4, -0.2) is 29.1 Å². The highest BCUT2D eigenvalue weighted by molar-refractivity contribution is 9.10. The van der Waals surface area contributed by atoms with Crippen molar-refractivity contribution in [1.29, 1.82) is 0 Å². The van der Waals surface area contributed by atoms with Gasteiger partial charge in [-0.25, -0.2) is 0 Å². The SMILES string of the molecule is CC(c1ccc(Br)cc1Cl)N1CCC(CCC(=O)O)CC1. The third kappa shape index (κ3) is 4.70. The van der Waals surface area contributed by atoms with Gasteiger partial charge in [0.25, 0.3) is 0 Å². The summed E-state index contributed by atoms with van der Waals surface area (Å²) < 4.78 is 0.996. The van der Waals surface area contributed by atoms with E-state index in [2.05, 4.69) is 33.8 Å². The third-order valence-corrected chi connectivity index (χ3v) is 5.20. The maximum Gasteiger partial charge on any atom is 0.303 e. The first-order valence-corrected chi connectivity index (χ1v) is 8.55. The second-order valence-electron chi connectivity index (χ2n) is 5.75. The molecule has 5 heteroatoms. The maximum atomic E-state index is 10.6. The fourth-order valence-corrected chi connectivity index (χ4v) is 3.82. The Kier molecular flexibility index (Phi) is 6.08. The molecule has 0 aliphatic carbocycles. The van der Waals surface area contributed by atoms with Gasteiger partial charge in [-0.1, -0.05) is 33.6 Å². The number of rotatable bonds is 5. The van der Waals surface area contributed by atoms with Gasteiger partial charge in [-0.05, 0) is 62.9 Å². The number of likely N-dealkylation sites (tertiary alicyclic amines) is 1. The molecule has 1 fully saturated rings. The maximum absolute atomic E-state index is 10.6. The fraction of sp³-hybridized carbons (Fsp3) is 0.562. The number of aliphatic carboxylic acids is 1. The first kappa shape index (κ1) is 16.8. The summed E-state index contributed by atoms with van der Waals surface area (Å²) in [5.74, 6) is -0.141. The van der Waals surface area contributed by atoms with Crippen LogP contribution in [0.15, 0.2) is 22.7 Å².